The van der Waals surface area contributed by atoms with Gasteiger partial charge in [-0.25, -0.2) is 9.59 Å². The van der Waals surface area contributed by atoms with E-state index in [0.717, 1.165) is 5.56 Å². The average Bonchev–Trinajstić information content (AvgIpc) is 2.53. The summed E-state index contributed by atoms with van der Waals surface area (Å²) in [7, 11) is 0. The van der Waals surface area contributed by atoms with E-state index in [-0.39, 0.29) is 13.2 Å². The van der Waals surface area contributed by atoms with E-state index in [4.69, 9.17) is 4.74 Å². The Morgan fingerprint density at radius 3 is 2.68 bits per heavy atom. The Morgan fingerprint density at radius 1 is 1.32 bits per heavy atom. The van der Waals surface area contributed by atoms with Crippen molar-refractivity contribution in [2.45, 2.75) is 12.6 Å². The molecule has 22 heavy (non-hydrogen) atoms. The molecule has 0 radical (unpaired) electrons. The molecule has 0 saturated carbocycles. The molecule has 1 aromatic carbocycles. The Morgan fingerprint density at radius 2 is 2.05 bits per heavy atom. The van der Waals surface area contributed by atoms with Gasteiger partial charge in [-0.15, -0.1) is 0 Å². The zero-order valence-electron chi connectivity index (χ0n) is 12.4. The summed E-state index contributed by atoms with van der Waals surface area (Å²) in [5.41, 5.74) is 1.12. The summed E-state index contributed by atoms with van der Waals surface area (Å²) in [5, 5.41) is 9.37. The molecule has 1 aromatic rings. The van der Waals surface area contributed by atoms with E-state index in [2.05, 4.69) is 6.58 Å². The van der Waals surface area contributed by atoms with Crippen molar-refractivity contribution in [3.63, 3.8) is 0 Å². The van der Waals surface area contributed by atoms with Crippen molar-refractivity contribution >= 4 is 12.1 Å². The monoisotopic (exact) mass is 304 g/mol. The molecule has 1 unspecified atom stereocenters. The first-order valence-corrected chi connectivity index (χ1v) is 7.15. The van der Waals surface area contributed by atoms with Crippen molar-refractivity contribution in [3.8, 4) is 0 Å². The smallest absolute Gasteiger partial charge is 0.410 e. The van der Waals surface area contributed by atoms with Crippen LogP contribution in [0.2, 0.25) is 0 Å². The van der Waals surface area contributed by atoms with Crippen LogP contribution >= 0.6 is 0 Å². The van der Waals surface area contributed by atoms with Crippen LogP contribution in [-0.2, 0) is 16.1 Å². The quantitative estimate of drug-likeness (QED) is 0.836. The van der Waals surface area contributed by atoms with E-state index in [1.165, 1.54) is 11.0 Å². The van der Waals surface area contributed by atoms with E-state index in [9.17, 15) is 14.7 Å². The number of rotatable bonds is 5. The fourth-order valence-electron chi connectivity index (χ4n) is 2.47. The standard InChI is InChI=1S/C16H20N2O4/c1-2-10-22-16(21)18-9-8-17(12-14(18)15(19)20)11-13-6-4-3-5-7-13/h2-7,14H,1,8-12H2,(H,19,20). The summed E-state index contributed by atoms with van der Waals surface area (Å²) < 4.78 is 4.95. The van der Waals surface area contributed by atoms with Crippen LogP contribution < -0.4 is 0 Å². The highest BCUT2D eigenvalue weighted by Crippen LogP contribution is 2.15. The molecule has 6 nitrogen and oxygen atoms in total. The van der Waals surface area contributed by atoms with Gasteiger partial charge in [0.25, 0.3) is 0 Å². The fourth-order valence-corrected chi connectivity index (χ4v) is 2.47. The van der Waals surface area contributed by atoms with Crippen molar-refractivity contribution < 1.29 is 19.4 Å². The molecule has 6 heteroatoms. The molecule has 0 aromatic heterocycles. The van der Waals surface area contributed by atoms with Gasteiger partial charge in [-0.05, 0) is 5.56 Å². The van der Waals surface area contributed by atoms with E-state index in [1.807, 2.05) is 35.2 Å². The van der Waals surface area contributed by atoms with E-state index >= 15 is 0 Å². The third kappa shape index (κ3) is 4.08. The molecule has 1 N–H and O–H groups in total. The molecular formula is C16H20N2O4. The molecule has 1 atom stereocenters. The lowest BCUT2D eigenvalue weighted by Gasteiger charge is -2.38. The normalized spacial score (nSPS) is 18.7. The molecule has 1 amide bonds. The number of benzene rings is 1. The van der Waals surface area contributed by atoms with Gasteiger partial charge in [-0.2, -0.15) is 0 Å². The van der Waals surface area contributed by atoms with Crippen LogP contribution in [0.5, 0.6) is 0 Å². The van der Waals surface area contributed by atoms with Crippen LogP contribution in [0.1, 0.15) is 5.56 Å². The first-order valence-electron chi connectivity index (χ1n) is 7.15. The average molecular weight is 304 g/mol. The lowest BCUT2D eigenvalue weighted by Crippen LogP contribution is -2.58. The maximum Gasteiger partial charge on any atom is 0.410 e. The molecule has 0 spiro atoms. The summed E-state index contributed by atoms with van der Waals surface area (Å²) in [6, 6.07) is 8.95. The number of ether oxygens (including phenoxy) is 1. The van der Waals surface area contributed by atoms with E-state index in [1.54, 1.807) is 0 Å². The second-order valence-corrected chi connectivity index (χ2v) is 5.13. The van der Waals surface area contributed by atoms with Crippen LogP contribution in [-0.4, -0.2) is 59.3 Å². The number of carbonyl (C=O) groups excluding carboxylic acids is 1. The second kappa shape index (κ2) is 7.61. The maximum atomic E-state index is 11.9. The summed E-state index contributed by atoms with van der Waals surface area (Å²) >= 11 is 0. The number of amides is 1. The molecule has 0 aliphatic carbocycles. The zero-order chi connectivity index (χ0) is 15.9. The van der Waals surface area contributed by atoms with Gasteiger partial charge in [0.05, 0.1) is 0 Å². The lowest BCUT2D eigenvalue weighted by atomic mass is 10.1. The molecule has 0 bridgehead atoms. The number of carbonyl (C=O) groups is 2. The van der Waals surface area contributed by atoms with Crippen LogP contribution in [0.3, 0.4) is 0 Å². The number of carboxylic acid groups (broad SMARTS) is 1. The van der Waals surface area contributed by atoms with Crippen molar-refractivity contribution in [1.29, 1.82) is 0 Å². The lowest BCUT2D eigenvalue weighted by molar-refractivity contribution is -0.145. The summed E-state index contributed by atoms with van der Waals surface area (Å²) in [5.74, 6) is -1.02. The van der Waals surface area contributed by atoms with Crippen molar-refractivity contribution in [2.24, 2.45) is 0 Å². The molecular weight excluding hydrogens is 284 g/mol. The van der Waals surface area contributed by atoms with Gasteiger partial charge < -0.3 is 9.84 Å². The number of carboxylic acids is 1. The molecule has 2 rings (SSSR count). The molecule has 1 aliphatic rings. The van der Waals surface area contributed by atoms with Gasteiger partial charge in [0.15, 0.2) is 0 Å². The first kappa shape index (κ1) is 16.0. The zero-order valence-corrected chi connectivity index (χ0v) is 12.4. The van der Waals surface area contributed by atoms with Gasteiger partial charge in [-0.3, -0.25) is 9.80 Å². The van der Waals surface area contributed by atoms with Gasteiger partial charge in [0, 0.05) is 26.2 Å². The number of hydrogen-bond acceptors (Lipinski definition) is 4. The minimum atomic E-state index is -1.02. The van der Waals surface area contributed by atoms with Gasteiger partial charge in [0.1, 0.15) is 12.6 Å². The van der Waals surface area contributed by atoms with E-state index < -0.39 is 18.1 Å². The fraction of sp³-hybridized carbons (Fsp3) is 0.375. The van der Waals surface area contributed by atoms with Crippen LogP contribution in [0.25, 0.3) is 0 Å². The van der Waals surface area contributed by atoms with Gasteiger partial charge >= 0.3 is 12.1 Å². The SMILES string of the molecule is C=CCOC(=O)N1CCN(Cc2ccccc2)CC1C(=O)O. The Bertz CT molecular complexity index is 532. The Labute approximate surface area is 129 Å². The number of nitrogens with zero attached hydrogens (tertiary/aromatic N) is 2. The molecule has 118 valence electrons. The summed E-state index contributed by atoms with van der Waals surface area (Å²) in [6.07, 6.45) is 0.853. The minimum absolute atomic E-state index is 0.0788. The predicted octanol–water partition coefficient (Wildman–Crippen LogP) is 1.58. The number of aliphatic carboxylic acids is 1. The van der Waals surface area contributed by atoms with Crippen molar-refractivity contribution in [2.75, 3.05) is 26.2 Å². The third-order valence-corrected chi connectivity index (χ3v) is 3.56. The molecule has 1 heterocycles. The van der Waals surface area contributed by atoms with Crippen LogP contribution in [0.4, 0.5) is 4.79 Å². The number of piperazine rings is 1. The Hall–Kier alpha value is -2.34. The molecule has 1 fully saturated rings. The Balaban J connectivity index is 2.00. The van der Waals surface area contributed by atoms with Crippen molar-refractivity contribution in [3.05, 3.63) is 48.6 Å². The topological polar surface area (TPSA) is 70.1 Å². The van der Waals surface area contributed by atoms with Crippen molar-refractivity contribution in [1.82, 2.24) is 9.80 Å². The highest BCUT2D eigenvalue weighted by molar-refractivity contribution is 5.80. The first-order chi connectivity index (χ1) is 10.6. The second-order valence-electron chi connectivity index (χ2n) is 5.13. The molecule has 1 saturated heterocycles. The maximum absolute atomic E-state index is 11.9. The predicted molar refractivity (Wildman–Crippen MR) is 81.4 cm³/mol. The highest BCUT2D eigenvalue weighted by atomic mass is 16.6. The van der Waals surface area contributed by atoms with Gasteiger partial charge in [-0.1, -0.05) is 43.0 Å². The van der Waals surface area contributed by atoms with Gasteiger partial charge in [0.2, 0.25) is 0 Å². The summed E-state index contributed by atoms with van der Waals surface area (Å²) in [6.45, 7) is 5.45. The van der Waals surface area contributed by atoms with Crippen LogP contribution in [0.15, 0.2) is 43.0 Å². The highest BCUT2D eigenvalue weighted by Gasteiger charge is 2.36. The number of hydrogen-bond donors (Lipinski definition) is 1. The largest absolute Gasteiger partial charge is 0.480 e. The summed E-state index contributed by atoms with van der Waals surface area (Å²) in [4.78, 5) is 26.7. The molecule has 1 aliphatic heterocycles. The Kier molecular flexibility index (Phi) is 5.55. The van der Waals surface area contributed by atoms with E-state index in [0.29, 0.717) is 19.6 Å². The minimum Gasteiger partial charge on any atom is -0.480 e. The third-order valence-electron chi connectivity index (χ3n) is 3.56. The van der Waals surface area contributed by atoms with Crippen LogP contribution in [0, 0.1) is 0 Å².